The van der Waals surface area contributed by atoms with Gasteiger partial charge in [-0.05, 0) is 24.3 Å². The van der Waals surface area contributed by atoms with Crippen molar-refractivity contribution in [1.82, 2.24) is 0 Å². The Morgan fingerprint density at radius 3 is 2.75 bits per heavy atom. The van der Waals surface area contributed by atoms with Gasteiger partial charge >= 0.3 is 0 Å². The van der Waals surface area contributed by atoms with Crippen LogP contribution in [0.1, 0.15) is 26.7 Å². The van der Waals surface area contributed by atoms with Gasteiger partial charge in [0.1, 0.15) is 0 Å². The lowest BCUT2D eigenvalue weighted by Gasteiger charge is -2.23. The third-order valence-electron chi connectivity index (χ3n) is 2.45. The Hall–Kier alpha value is -1.12. The van der Waals surface area contributed by atoms with Crippen molar-refractivity contribution < 1.29 is 4.92 Å². The van der Waals surface area contributed by atoms with E-state index >= 15 is 0 Å². The second kappa shape index (κ2) is 3.09. The maximum absolute atomic E-state index is 10.3. The van der Waals surface area contributed by atoms with Gasteiger partial charge in [-0.1, -0.05) is 19.9 Å². The fraction of sp³-hybridized carbons (Fsp3) is 0.556. The quantitative estimate of drug-likeness (QED) is 0.468. The largest absolute Gasteiger partial charge is 0.265 e. The zero-order valence-electron chi connectivity index (χ0n) is 7.41. The third kappa shape index (κ3) is 1.72. The lowest BCUT2D eigenvalue weighted by Crippen LogP contribution is -2.14. The summed E-state index contributed by atoms with van der Waals surface area (Å²) >= 11 is 0. The van der Waals surface area contributed by atoms with Crippen molar-refractivity contribution in [2.24, 2.45) is 5.41 Å². The maximum atomic E-state index is 10.3. The van der Waals surface area contributed by atoms with Crippen LogP contribution in [-0.4, -0.2) is 4.92 Å². The second-order valence-electron chi connectivity index (χ2n) is 3.43. The summed E-state index contributed by atoms with van der Waals surface area (Å²) in [5, 5.41) is 10.3. The molecule has 0 amide bonds. The first-order valence-corrected chi connectivity index (χ1v) is 4.11. The Morgan fingerprint density at radius 2 is 2.42 bits per heavy atom. The minimum absolute atomic E-state index is 0.125. The van der Waals surface area contributed by atoms with Gasteiger partial charge < -0.3 is 0 Å². The van der Waals surface area contributed by atoms with Crippen LogP contribution < -0.4 is 0 Å². The SMILES string of the molecule is CCC1(C)C=CC([N+](=O)[O-])=CC1. The molecule has 12 heavy (non-hydrogen) atoms. The van der Waals surface area contributed by atoms with Crippen molar-refractivity contribution in [3.8, 4) is 0 Å². The molecule has 1 atom stereocenters. The van der Waals surface area contributed by atoms with Crippen LogP contribution in [0.15, 0.2) is 23.9 Å². The highest BCUT2D eigenvalue weighted by molar-refractivity contribution is 5.20. The Kier molecular flexibility index (Phi) is 2.31. The number of hydrogen-bond acceptors (Lipinski definition) is 2. The second-order valence-corrected chi connectivity index (χ2v) is 3.43. The van der Waals surface area contributed by atoms with Crippen LogP contribution in [0.3, 0.4) is 0 Å². The van der Waals surface area contributed by atoms with E-state index in [-0.39, 0.29) is 16.0 Å². The summed E-state index contributed by atoms with van der Waals surface area (Å²) in [5.41, 5.74) is 0.348. The Balaban J connectivity index is 2.74. The van der Waals surface area contributed by atoms with Crippen LogP contribution in [-0.2, 0) is 0 Å². The molecule has 0 heterocycles. The summed E-state index contributed by atoms with van der Waals surface area (Å²) in [6, 6.07) is 0. The lowest BCUT2D eigenvalue weighted by atomic mass is 9.81. The molecule has 0 fully saturated rings. The normalized spacial score (nSPS) is 28.3. The number of allylic oxidation sites excluding steroid dienone is 3. The standard InChI is InChI=1S/C9H13NO2/c1-3-9(2)6-4-8(5-7-9)10(11)12/h4-6H,3,7H2,1-2H3. The first-order chi connectivity index (χ1) is 5.57. The van der Waals surface area contributed by atoms with Gasteiger partial charge in [0.25, 0.3) is 5.70 Å². The van der Waals surface area contributed by atoms with Gasteiger partial charge in [-0.15, -0.1) is 0 Å². The fourth-order valence-corrected chi connectivity index (χ4v) is 1.16. The van der Waals surface area contributed by atoms with Gasteiger partial charge in [0.15, 0.2) is 0 Å². The van der Waals surface area contributed by atoms with Crippen molar-refractivity contribution in [2.75, 3.05) is 0 Å². The van der Waals surface area contributed by atoms with E-state index in [2.05, 4.69) is 13.8 Å². The van der Waals surface area contributed by atoms with E-state index in [1.165, 1.54) is 0 Å². The zero-order valence-corrected chi connectivity index (χ0v) is 7.41. The highest BCUT2D eigenvalue weighted by Gasteiger charge is 2.23. The molecule has 0 aromatic carbocycles. The highest BCUT2D eigenvalue weighted by Crippen LogP contribution is 2.32. The van der Waals surface area contributed by atoms with Crippen LogP contribution >= 0.6 is 0 Å². The van der Waals surface area contributed by atoms with Gasteiger partial charge in [0.05, 0.1) is 4.92 Å². The third-order valence-corrected chi connectivity index (χ3v) is 2.45. The van der Waals surface area contributed by atoms with Gasteiger partial charge in [0, 0.05) is 6.08 Å². The van der Waals surface area contributed by atoms with E-state index in [0.29, 0.717) is 0 Å². The Labute approximate surface area is 71.9 Å². The summed E-state index contributed by atoms with van der Waals surface area (Å²) in [6.07, 6.45) is 7.03. The van der Waals surface area contributed by atoms with E-state index in [1.54, 1.807) is 12.2 Å². The molecule has 1 aliphatic carbocycles. The van der Waals surface area contributed by atoms with Gasteiger partial charge in [0.2, 0.25) is 0 Å². The molecule has 0 N–H and O–H groups in total. The summed E-state index contributed by atoms with van der Waals surface area (Å²) in [6.45, 7) is 4.20. The molecule has 0 aliphatic heterocycles. The molecule has 0 spiro atoms. The van der Waals surface area contributed by atoms with E-state index in [0.717, 1.165) is 12.8 Å². The predicted octanol–water partition coefficient (Wildman–Crippen LogP) is 2.52. The Bertz CT molecular complexity index is 255. The molecule has 1 aliphatic rings. The number of hydrogen-bond donors (Lipinski definition) is 0. The molecule has 0 saturated heterocycles. The molecule has 0 bridgehead atoms. The predicted molar refractivity (Wildman–Crippen MR) is 47.2 cm³/mol. The minimum Gasteiger partial charge on any atom is -0.258 e. The molecular formula is C9H13NO2. The van der Waals surface area contributed by atoms with Crippen LogP contribution in [0.2, 0.25) is 0 Å². The minimum atomic E-state index is -0.342. The Morgan fingerprint density at radius 1 is 1.75 bits per heavy atom. The highest BCUT2D eigenvalue weighted by atomic mass is 16.6. The van der Waals surface area contributed by atoms with E-state index in [1.807, 2.05) is 6.08 Å². The van der Waals surface area contributed by atoms with Crippen molar-refractivity contribution >= 4 is 0 Å². The summed E-state index contributed by atoms with van der Waals surface area (Å²) in [5.74, 6) is 0. The van der Waals surface area contributed by atoms with Gasteiger partial charge in [-0.3, -0.25) is 10.1 Å². The van der Waals surface area contributed by atoms with Crippen molar-refractivity contribution in [3.05, 3.63) is 34.0 Å². The first-order valence-electron chi connectivity index (χ1n) is 4.11. The summed E-state index contributed by atoms with van der Waals surface area (Å²) in [4.78, 5) is 10.00. The topological polar surface area (TPSA) is 43.1 Å². The average molecular weight is 167 g/mol. The number of nitrogens with zero attached hydrogens (tertiary/aromatic N) is 1. The van der Waals surface area contributed by atoms with Crippen molar-refractivity contribution in [1.29, 1.82) is 0 Å². The fourth-order valence-electron chi connectivity index (χ4n) is 1.16. The lowest BCUT2D eigenvalue weighted by molar-refractivity contribution is -0.419. The molecular weight excluding hydrogens is 154 g/mol. The molecule has 0 aromatic heterocycles. The van der Waals surface area contributed by atoms with E-state index in [9.17, 15) is 10.1 Å². The van der Waals surface area contributed by atoms with Gasteiger partial charge in [-0.25, -0.2) is 0 Å². The maximum Gasteiger partial charge on any atom is 0.265 e. The van der Waals surface area contributed by atoms with Crippen molar-refractivity contribution in [3.63, 3.8) is 0 Å². The van der Waals surface area contributed by atoms with Crippen LogP contribution in [0.5, 0.6) is 0 Å². The average Bonchev–Trinajstić information content (AvgIpc) is 2.05. The van der Waals surface area contributed by atoms with Crippen LogP contribution in [0.4, 0.5) is 0 Å². The number of nitro groups is 1. The molecule has 0 saturated carbocycles. The molecule has 1 rings (SSSR count). The van der Waals surface area contributed by atoms with Crippen LogP contribution in [0.25, 0.3) is 0 Å². The first kappa shape index (κ1) is 8.97. The zero-order chi connectivity index (χ0) is 9.19. The van der Waals surface area contributed by atoms with E-state index < -0.39 is 0 Å². The number of rotatable bonds is 2. The molecule has 0 aromatic rings. The molecule has 66 valence electrons. The molecule has 3 heteroatoms. The monoisotopic (exact) mass is 167 g/mol. The molecule has 3 nitrogen and oxygen atoms in total. The van der Waals surface area contributed by atoms with Crippen LogP contribution in [0, 0.1) is 15.5 Å². The van der Waals surface area contributed by atoms with Crippen molar-refractivity contribution in [2.45, 2.75) is 26.7 Å². The summed E-state index contributed by atoms with van der Waals surface area (Å²) in [7, 11) is 0. The molecule has 1 unspecified atom stereocenters. The van der Waals surface area contributed by atoms with E-state index in [4.69, 9.17) is 0 Å². The summed E-state index contributed by atoms with van der Waals surface area (Å²) < 4.78 is 0. The van der Waals surface area contributed by atoms with Gasteiger partial charge in [-0.2, -0.15) is 0 Å². The molecule has 0 radical (unpaired) electrons. The smallest absolute Gasteiger partial charge is 0.258 e.